The summed E-state index contributed by atoms with van der Waals surface area (Å²) in [6, 6.07) is 7.15. The number of aromatic nitrogens is 2. The highest BCUT2D eigenvalue weighted by Crippen LogP contribution is 2.27. The Morgan fingerprint density at radius 2 is 1.91 bits per heavy atom. The highest BCUT2D eigenvalue weighted by molar-refractivity contribution is 6.35. The molecule has 0 aliphatic rings. The molecular weight excluding hydrogens is 319 g/mol. The molecule has 22 heavy (non-hydrogen) atoms. The van der Waals surface area contributed by atoms with Crippen LogP contribution in [0.15, 0.2) is 24.3 Å². The van der Waals surface area contributed by atoms with Gasteiger partial charge in [0.25, 0.3) is 0 Å². The normalized spacial score (nSPS) is 10.8. The predicted molar refractivity (Wildman–Crippen MR) is 94.5 cm³/mol. The number of nitrogens with zero attached hydrogens (tertiary/aromatic N) is 2. The molecule has 0 unspecified atom stereocenters. The number of aryl methyl sites for hydroxylation is 1. The lowest BCUT2D eigenvalue weighted by molar-refractivity contribution is 0.606. The first-order chi connectivity index (χ1) is 10.4. The smallest absolute Gasteiger partial charge is 0.229 e. The lowest BCUT2D eigenvalue weighted by Crippen LogP contribution is -2.08. The van der Waals surface area contributed by atoms with Crippen molar-refractivity contribution in [2.24, 2.45) is 5.92 Å². The van der Waals surface area contributed by atoms with Crippen molar-refractivity contribution >= 4 is 40.7 Å². The largest absolute Gasteiger partial charge is 0.370 e. The van der Waals surface area contributed by atoms with E-state index in [-0.39, 0.29) is 0 Å². The molecule has 0 aliphatic carbocycles. The number of anilines is 3. The van der Waals surface area contributed by atoms with Gasteiger partial charge in [0.1, 0.15) is 5.82 Å². The molecule has 1 aromatic heterocycles. The lowest BCUT2D eigenvalue weighted by atomic mass is 10.1. The monoisotopic (exact) mass is 338 g/mol. The topological polar surface area (TPSA) is 49.8 Å². The molecule has 6 heteroatoms. The fraction of sp³-hybridized carbons (Fsp3) is 0.375. The van der Waals surface area contributed by atoms with Gasteiger partial charge in [-0.1, -0.05) is 37.0 Å². The van der Waals surface area contributed by atoms with Crippen LogP contribution in [0, 0.1) is 12.8 Å². The molecule has 0 aliphatic heterocycles. The number of rotatable bonds is 6. The fourth-order valence-electron chi connectivity index (χ4n) is 1.92. The minimum atomic E-state index is 0.496. The van der Waals surface area contributed by atoms with E-state index in [1.165, 1.54) is 0 Å². The summed E-state index contributed by atoms with van der Waals surface area (Å²) in [7, 11) is 0. The molecular formula is C16H20Cl2N4. The van der Waals surface area contributed by atoms with E-state index in [0.717, 1.165) is 24.5 Å². The van der Waals surface area contributed by atoms with Crippen LogP contribution in [0.2, 0.25) is 10.0 Å². The van der Waals surface area contributed by atoms with Crippen LogP contribution < -0.4 is 10.6 Å². The quantitative estimate of drug-likeness (QED) is 0.750. The summed E-state index contributed by atoms with van der Waals surface area (Å²) in [5, 5.41) is 7.61. The first kappa shape index (κ1) is 16.8. The van der Waals surface area contributed by atoms with E-state index in [1.54, 1.807) is 18.2 Å². The Hall–Kier alpha value is -1.52. The second kappa shape index (κ2) is 7.65. The van der Waals surface area contributed by atoms with Crippen LogP contribution in [0.5, 0.6) is 0 Å². The van der Waals surface area contributed by atoms with Crippen LogP contribution in [0.3, 0.4) is 0 Å². The van der Waals surface area contributed by atoms with Crippen LogP contribution in [0.1, 0.15) is 26.0 Å². The Kier molecular flexibility index (Phi) is 5.86. The summed E-state index contributed by atoms with van der Waals surface area (Å²) in [5.74, 6) is 1.95. The van der Waals surface area contributed by atoms with Gasteiger partial charge in [-0.15, -0.1) is 0 Å². The molecule has 0 radical (unpaired) electrons. The maximum atomic E-state index is 6.15. The van der Waals surface area contributed by atoms with Gasteiger partial charge in [0.05, 0.1) is 10.7 Å². The summed E-state index contributed by atoms with van der Waals surface area (Å²) in [5.41, 5.74) is 1.57. The molecule has 118 valence electrons. The van der Waals surface area contributed by atoms with E-state index in [2.05, 4.69) is 34.4 Å². The Morgan fingerprint density at radius 1 is 1.14 bits per heavy atom. The third-order valence-electron chi connectivity index (χ3n) is 3.06. The third-order valence-corrected chi connectivity index (χ3v) is 3.62. The zero-order chi connectivity index (χ0) is 16.1. The standard InChI is InChI=1S/C16H20Cl2N4/c1-10(2)6-7-19-15-8-11(3)20-16(22-15)21-14-9-12(17)4-5-13(14)18/h4-5,8-10H,6-7H2,1-3H3,(H2,19,20,21,22). The fourth-order valence-corrected chi connectivity index (χ4v) is 2.25. The zero-order valence-electron chi connectivity index (χ0n) is 13.0. The van der Waals surface area contributed by atoms with E-state index >= 15 is 0 Å². The Labute approximate surface area is 141 Å². The molecule has 1 heterocycles. The van der Waals surface area contributed by atoms with Gasteiger partial charge in [0.2, 0.25) is 5.95 Å². The van der Waals surface area contributed by atoms with Gasteiger partial charge in [-0.25, -0.2) is 4.98 Å². The van der Waals surface area contributed by atoms with Crippen molar-refractivity contribution in [1.82, 2.24) is 9.97 Å². The molecule has 2 rings (SSSR count). The summed E-state index contributed by atoms with van der Waals surface area (Å²) < 4.78 is 0. The molecule has 0 fully saturated rings. The van der Waals surface area contributed by atoms with Gasteiger partial charge in [-0.3, -0.25) is 0 Å². The van der Waals surface area contributed by atoms with E-state index < -0.39 is 0 Å². The van der Waals surface area contributed by atoms with Crippen LogP contribution in [-0.4, -0.2) is 16.5 Å². The molecule has 0 saturated carbocycles. The molecule has 0 amide bonds. The highest BCUT2D eigenvalue weighted by atomic mass is 35.5. The highest BCUT2D eigenvalue weighted by Gasteiger charge is 2.06. The summed E-state index contributed by atoms with van der Waals surface area (Å²) >= 11 is 12.1. The third kappa shape index (κ3) is 5.04. The molecule has 4 nitrogen and oxygen atoms in total. The minimum absolute atomic E-state index is 0.496. The van der Waals surface area contributed by atoms with Crippen molar-refractivity contribution < 1.29 is 0 Å². The van der Waals surface area contributed by atoms with Gasteiger partial charge in [0.15, 0.2) is 0 Å². The van der Waals surface area contributed by atoms with Crippen LogP contribution in [0.25, 0.3) is 0 Å². The second-order valence-corrected chi connectivity index (χ2v) is 6.42. The summed E-state index contributed by atoms with van der Waals surface area (Å²) in [6.07, 6.45) is 1.09. The van der Waals surface area contributed by atoms with E-state index in [4.69, 9.17) is 23.2 Å². The number of halogens is 2. The Balaban J connectivity index is 2.13. The van der Waals surface area contributed by atoms with Crippen molar-refractivity contribution in [2.45, 2.75) is 27.2 Å². The van der Waals surface area contributed by atoms with Crippen molar-refractivity contribution in [1.29, 1.82) is 0 Å². The van der Waals surface area contributed by atoms with E-state index in [9.17, 15) is 0 Å². The van der Waals surface area contributed by atoms with Gasteiger partial charge in [-0.2, -0.15) is 4.98 Å². The summed E-state index contributed by atoms with van der Waals surface area (Å²) in [6.45, 7) is 7.20. The molecule has 0 spiro atoms. The number of hydrogen-bond acceptors (Lipinski definition) is 4. The van der Waals surface area contributed by atoms with Crippen LogP contribution in [0.4, 0.5) is 17.5 Å². The van der Waals surface area contributed by atoms with Gasteiger partial charge >= 0.3 is 0 Å². The van der Waals surface area contributed by atoms with Crippen LogP contribution >= 0.6 is 23.2 Å². The van der Waals surface area contributed by atoms with Crippen molar-refractivity contribution in [3.8, 4) is 0 Å². The number of nitrogens with one attached hydrogen (secondary N) is 2. The number of hydrogen-bond donors (Lipinski definition) is 2. The number of benzene rings is 1. The molecule has 0 saturated heterocycles. The maximum absolute atomic E-state index is 6.15. The second-order valence-electron chi connectivity index (χ2n) is 5.58. The summed E-state index contributed by atoms with van der Waals surface area (Å²) in [4.78, 5) is 8.84. The van der Waals surface area contributed by atoms with E-state index in [0.29, 0.717) is 27.6 Å². The first-order valence-corrected chi connectivity index (χ1v) is 8.01. The molecule has 1 aromatic carbocycles. The molecule has 2 N–H and O–H groups in total. The first-order valence-electron chi connectivity index (χ1n) is 7.25. The van der Waals surface area contributed by atoms with E-state index in [1.807, 2.05) is 13.0 Å². The van der Waals surface area contributed by atoms with Crippen molar-refractivity contribution in [3.05, 3.63) is 40.0 Å². The predicted octanol–water partition coefficient (Wildman–Crippen LogP) is 5.29. The van der Waals surface area contributed by atoms with Crippen molar-refractivity contribution in [3.63, 3.8) is 0 Å². The lowest BCUT2D eigenvalue weighted by Gasteiger charge is -2.11. The average molecular weight is 339 g/mol. The molecule has 0 bridgehead atoms. The average Bonchev–Trinajstić information content (AvgIpc) is 2.42. The molecule has 0 atom stereocenters. The SMILES string of the molecule is Cc1cc(NCCC(C)C)nc(Nc2cc(Cl)ccc2Cl)n1. The van der Waals surface area contributed by atoms with Gasteiger partial charge in [0, 0.05) is 23.3 Å². The Bertz CT molecular complexity index is 644. The zero-order valence-corrected chi connectivity index (χ0v) is 14.5. The van der Waals surface area contributed by atoms with Gasteiger partial charge in [-0.05, 0) is 37.5 Å². The van der Waals surface area contributed by atoms with Crippen LogP contribution in [-0.2, 0) is 0 Å². The van der Waals surface area contributed by atoms with Gasteiger partial charge < -0.3 is 10.6 Å². The van der Waals surface area contributed by atoms with Crippen molar-refractivity contribution in [2.75, 3.05) is 17.2 Å². The Morgan fingerprint density at radius 3 is 2.64 bits per heavy atom. The maximum Gasteiger partial charge on any atom is 0.229 e. The minimum Gasteiger partial charge on any atom is -0.370 e. The molecule has 2 aromatic rings.